The van der Waals surface area contributed by atoms with Crippen LogP contribution in [0.15, 0.2) is 36.4 Å². The van der Waals surface area contributed by atoms with E-state index in [-0.39, 0.29) is 38.0 Å². The van der Waals surface area contributed by atoms with E-state index in [1.165, 1.54) is 5.48 Å². The molecule has 24 heavy (non-hydrogen) atoms. The molecule has 2 aromatic carbocycles. The van der Waals surface area contributed by atoms with Crippen molar-refractivity contribution in [1.29, 1.82) is 0 Å². The lowest BCUT2D eigenvalue weighted by molar-refractivity contribution is -0.130. The number of nitrogens with zero attached hydrogens (tertiary/aromatic N) is 1. The third-order valence-corrected chi connectivity index (χ3v) is 3.91. The second-order valence-electron chi connectivity index (χ2n) is 5.37. The molecule has 3 amide bonds. The highest BCUT2D eigenvalue weighted by atomic mass is 16.5. The fourth-order valence-electron chi connectivity index (χ4n) is 2.76. The van der Waals surface area contributed by atoms with Crippen molar-refractivity contribution in [2.24, 2.45) is 0 Å². The van der Waals surface area contributed by atoms with E-state index in [0.29, 0.717) is 16.5 Å². The van der Waals surface area contributed by atoms with Crippen LogP contribution in [0.1, 0.15) is 27.1 Å². The Hall–Kier alpha value is -2.77. The third kappa shape index (κ3) is 2.86. The lowest BCUT2D eigenvalue weighted by Gasteiger charge is -2.27. The number of carbonyl (C=O) groups is 3. The third-order valence-electron chi connectivity index (χ3n) is 3.91. The van der Waals surface area contributed by atoms with Gasteiger partial charge in [-0.2, -0.15) is 0 Å². The van der Waals surface area contributed by atoms with E-state index in [2.05, 4.69) is 0 Å². The van der Waals surface area contributed by atoms with Gasteiger partial charge in [0.05, 0.1) is 26.2 Å². The number of hydroxylamine groups is 1. The molecule has 0 aromatic heterocycles. The topological polar surface area (TPSA) is 95.9 Å². The van der Waals surface area contributed by atoms with E-state index in [4.69, 9.17) is 9.94 Å². The normalized spacial score (nSPS) is 13.5. The molecule has 7 heteroatoms. The number of benzene rings is 2. The highest BCUT2D eigenvalue weighted by molar-refractivity contribution is 6.25. The zero-order valence-electron chi connectivity index (χ0n) is 12.8. The Bertz CT molecular complexity index is 767. The zero-order chi connectivity index (χ0) is 17.1. The van der Waals surface area contributed by atoms with Gasteiger partial charge in [0.25, 0.3) is 11.8 Å². The van der Waals surface area contributed by atoms with Crippen LogP contribution in [0, 0.1) is 0 Å². The van der Waals surface area contributed by atoms with Gasteiger partial charge in [-0.3, -0.25) is 24.5 Å². The lowest BCUT2D eigenvalue weighted by atomic mass is 9.94. The Kier molecular flexibility index (Phi) is 4.54. The largest absolute Gasteiger partial charge is 0.379 e. The number of carbonyl (C=O) groups excluding carboxylic acids is 3. The Labute approximate surface area is 137 Å². The number of nitrogens with one attached hydrogen (secondary N) is 1. The molecule has 0 aliphatic carbocycles. The van der Waals surface area contributed by atoms with Gasteiger partial charge in [0, 0.05) is 16.5 Å². The van der Waals surface area contributed by atoms with Crippen molar-refractivity contribution in [1.82, 2.24) is 10.4 Å². The molecule has 0 fully saturated rings. The molecular weight excluding hydrogens is 312 g/mol. The van der Waals surface area contributed by atoms with E-state index in [1.807, 2.05) is 12.1 Å². The van der Waals surface area contributed by atoms with Gasteiger partial charge in [-0.05, 0) is 17.5 Å². The maximum atomic E-state index is 12.6. The summed E-state index contributed by atoms with van der Waals surface area (Å²) in [6.45, 7) is 0.312. The molecule has 1 aliphatic heterocycles. The minimum atomic E-state index is -0.555. The standard InChI is InChI=1S/C17H16N2O5/c20-14(18-23)7-9-24-10-8-19-16(21)12-5-1-3-11-4-2-6-13(15(11)12)17(19)22/h1-6,23H,7-10H2,(H,18,20). The molecule has 0 spiro atoms. The maximum Gasteiger partial charge on any atom is 0.261 e. The maximum absolute atomic E-state index is 12.6. The minimum Gasteiger partial charge on any atom is -0.379 e. The summed E-state index contributed by atoms with van der Waals surface area (Å²) in [5, 5.41) is 9.92. The summed E-state index contributed by atoms with van der Waals surface area (Å²) < 4.78 is 5.25. The van der Waals surface area contributed by atoms with Crippen molar-refractivity contribution in [2.75, 3.05) is 19.8 Å². The highest BCUT2D eigenvalue weighted by Crippen LogP contribution is 2.29. The van der Waals surface area contributed by atoms with Crippen LogP contribution in [0.4, 0.5) is 0 Å². The van der Waals surface area contributed by atoms with E-state index < -0.39 is 5.91 Å². The molecule has 1 aliphatic rings. The summed E-state index contributed by atoms with van der Waals surface area (Å²) in [6, 6.07) is 10.7. The van der Waals surface area contributed by atoms with Crippen molar-refractivity contribution >= 4 is 28.5 Å². The van der Waals surface area contributed by atoms with Crippen LogP contribution in [0.3, 0.4) is 0 Å². The number of amides is 3. The molecule has 1 heterocycles. The van der Waals surface area contributed by atoms with Gasteiger partial charge in [0.2, 0.25) is 5.91 Å². The van der Waals surface area contributed by atoms with Gasteiger partial charge < -0.3 is 4.74 Å². The molecule has 2 aromatic rings. The quantitative estimate of drug-likeness (QED) is 0.361. The minimum absolute atomic E-state index is 0.000530. The van der Waals surface area contributed by atoms with Crippen LogP contribution in [0.2, 0.25) is 0 Å². The molecular formula is C17H16N2O5. The molecule has 0 unspecified atom stereocenters. The average molecular weight is 328 g/mol. The molecule has 0 bridgehead atoms. The van der Waals surface area contributed by atoms with Gasteiger partial charge in [-0.25, -0.2) is 5.48 Å². The number of hydrogen-bond donors (Lipinski definition) is 2. The van der Waals surface area contributed by atoms with Crippen LogP contribution in [0.5, 0.6) is 0 Å². The Balaban J connectivity index is 1.72. The zero-order valence-corrected chi connectivity index (χ0v) is 12.8. The van der Waals surface area contributed by atoms with E-state index in [1.54, 1.807) is 24.3 Å². The van der Waals surface area contributed by atoms with Gasteiger partial charge in [-0.15, -0.1) is 0 Å². The van der Waals surface area contributed by atoms with E-state index in [9.17, 15) is 14.4 Å². The molecule has 0 saturated heterocycles. The fourth-order valence-corrected chi connectivity index (χ4v) is 2.76. The van der Waals surface area contributed by atoms with Gasteiger partial charge in [0.15, 0.2) is 0 Å². The second kappa shape index (κ2) is 6.77. The van der Waals surface area contributed by atoms with Crippen LogP contribution < -0.4 is 5.48 Å². The SMILES string of the molecule is O=C(CCOCCN1C(=O)c2cccc3cccc(c23)C1=O)NO. The van der Waals surface area contributed by atoms with Crippen molar-refractivity contribution in [3.05, 3.63) is 47.5 Å². The molecule has 2 N–H and O–H groups in total. The van der Waals surface area contributed by atoms with Crippen molar-refractivity contribution in [3.8, 4) is 0 Å². The predicted molar refractivity (Wildman–Crippen MR) is 84.7 cm³/mol. The second-order valence-corrected chi connectivity index (χ2v) is 5.37. The van der Waals surface area contributed by atoms with Crippen LogP contribution >= 0.6 is 0 Å². The summed E-state index contributed by atoms with van der Waals surface area (Å²) in [5.41, 5.74) is 2.51. The number of hydrogen-bond acceptors (Lipinski definition) is 5. The number of imide groups is 1. The molecule has 7 nitrogen and oxygen atoms in total. The molecule has 0 atom stereocenters. The fraction of sp³-hybridized carbons (Fsp3) is 0.235. The summed E-state index contributed by atoms with van der Waals surface area (Å²) in [4.78, 5) is 37.2. The first kappa shape index (κ1) is 16.1. The Morgan fingerprint density at radius 2 is 1.67 bits per heavy atom. The summed E-state index contributed by atoms with van der Waals surface area (Å²) in [6.07, 6.45) is 0.000530. The average Bonchev–Trinajstić information content (AvgIpc) is 2.61. The monoisotopic (exact) mass is 328 g/mol. The highest BCUT2D eigenvalue weighted by Gasteiger charge is 2.32. The van der Waals surface area contributed by atoms with Crippen LogP contribution in [0.25, 0.3) is 10.8 Å². The first-order valence-electron chi connectivity index (χ1n) is 7.52. The lowest BCUT2D eigenvalue weighted by Crippen LogP contribution is -2.42. The summed E-state index contributed by atoms with van der Waals surface area (Å²) in [5.74, 6) is -1.25. The summed E-state index contributed by atoms with van der Waals surface area (Å²) >= 11 is 0. The number of rotatable bonds is 6. The first-order valence-corrected chi connectivity index (χ1v) is 7.52. The Morgan fingerprint density at radius 3 is 2.25 bits per heavy atom. The molecule has 0 radical (unpaired) electrons. The predicted octanol–water partition coefficient (Wildman–Crippen LogP) is 1.35. The molecule has 124 valence electrons. The van der Waals surface area contributed by atoms with Gasteiger partial charge in [-0.1, -0.05) is 24.3 Å². The number of ether oxygens (including phenoxy) is 1. The molecule has 3 rings (SSSR count). The van der Waals surface area contributed by atoms with Gasteiger partial charge >= 0.3 is 0 Å². The first-order chi connectivity index (χ1) is 11.6. The van der Waals surface area contributed by atoms with Crippen molar-refractivity contribution in [2.45, 2.75) is 6.42 Å². The van der Waals surface area contributed by atoms with Crippen LogP contribution in [-0.4, -0.2) is 47.6 Å². The van der Waals surface area contributed by atoms with Crippen molar-refractivity contribution < 1.29 is 24.3 Å². The Morgan fingerprint density at radius 1 is 1.04 bits per heavy atom. The van der Waals surface area contributed by atoms with Crippen molar-refractivity contribution in [3.63, 3.8) is 0 Å². The van der Waals surface area contributed by atoms with E-state index in [0.717, 1.165) is 10.3 Å². The smallest absolute Gasteiger partial charge is 0.261 e. The van der Waals surface area contributed by atoms with Crippen LogP contribution in [-0.2, 0) is 9.53 Å². The van der Waals surface area contributed by atoms with Gasteiger partial charge in [0.1, 0.15) is 0 Å². The van der Waals surface area contributed by atoms with E-state index >= 15 is 0 Å². The molecule has 0 saturated carbocycles. The summed E-state index contributed by atoms with van der Waals surface area (Å²) in [7, 11) is 0.